The number of carbonyl (C=O) groups is 1. The lowest BCUT2D eigenvalue weighted by Gasteiger charge is -1.98. The lowest BCUT2D eigenvalue weighted by molar-refractivity contribution is -0.384. The van der Waals surface area contributed by atoms with Crippen LogP contribution in [-0.2, 0) is 11.8 Å². The summed E-state index contributed by atoms with van der Waals surface area (Å²) in [5.74, 6) is -1.92. The monoisotopic (exact) mass is 312 g/mol. The minimum absolute atomic E-state index is 0.0390. The number of nitro groups is 1. The molecule has 0 aliphatic carbocycles. The lowest BCUT2D eigenvalue weighted by Crippen LogP contribution is -2.00. The second-order valence-corrected chi connectivity index (χ2v) is 4.89. The maximum atomic E-state index is 13.1. The predicted octanol–water partition coefficient (Wildman–Crippen LogP) is 1.71. The Morgan fingerprint density at radius 2 is 2.29 bits per heavy atom. The number of nitrogens with zero attached hydrogens (tertiary/aromatic N) is 4. The summed E-state index contributed by atoms with van der Waals surface area (Å²) in [5.41, 5.74) is -0.380. The van der Waals surface area contributed by atoms with Crippen molar-refractivity contribution in [3.8, 4) is 11.4 Å². The number of aliphatic carboxylic acids is 1. The first-order valence-electron chi connectivity index (χ1n) is 5.58. The normalized spacial score (nSPS) is 10.6. The highest BCUT2D eigenvalue weighted by Gasteiger charge is 2.21. The lowest BCUT2D eigenvalue weighted by atomic mass is 10.1. The summed E-state index contributed by atoms with van der Waals surface area (Å²) in [5, 5.41) is 23.9. The van der Waals surface area contributed by atoms with E-state index in [1.807, 2.05) is 0 Å². The molecule has 0 saturated heterocycles. The van der Waals surface area contributed by atoms with Gasteiger partial charge in [0.15, 0.2) is 11.0 Å². The fraction of sp³-hybridized carbons (Fsp3) is 0.182. The largest absolute Gasteiger partial charge is 0.481 e. The number of rotatable bonds is 5. The highest BCUT2D eigenvalue weighted by atomic mass is 32.2. The zero-order valence-electron chi connectivity index (χ0n) is 10.7. The highest BCUT2D eigenvalue weighted by molar-refractivity contribution is 7.99. The topological polar surface area (TPSA) is 111 Å². The van der Waals surface area contributed by atoms with Gasteiger partial charge in [-0.1, -0.05) is 11.8 Å². The summed E-state index contributed by atoms with van der Waals surface area (Å²) in [6.45, 7) is 0. The maximum Gasteiger partial charge on any atom is 0.313 e. The van der Waals surface area contributed by atoms with Gasteiger partial charge < -0.3 is 5.11 Å². The smallest absolute Gasteiger partial charge is 0.313 e. The molecule has 0 fully saturated rings. The summed E-state index contributed by atoms with van der Waals surface area (Å²) in [6.07, 6.45) is 0. The zero-order chi connectivity index (χ0) is 15.6. The van der Waals surface area contributed by atoms with Gasteiger partial charge in [-0.3, -0.25) is 14.9 Å². The molecule has 0 atom stereocenters. The van der Waals surface area contributed by atoms with Gasteiger partial charge in [0.2, 0.25) is 0 Å². The summed E-state index contributed by atoms with van der Waals surface area (Å²) < 4.78 is 14.4. The van der Waals surface area contributed by atoms with Crippen molar-refractivity contribution in [3.63, 3.8) is 0 Å². The van der Waals surface area contributed by atoms with Crippen molar-refractivity contribution < 1.29 is 19.2 Å². The van der Waals surface area contributed by atoms with Gasteiger partial charge in [0, 0.05) is 7.05 Å². The molecule has 1 heterocycles. The third-order valence-electron chi connectivity index (χ3n) is 2.45. The van der Waals surface area contributed by atoms with Crippen LogP contribution in [0, 0.1) is 15.9 Å². The van der Waals surface area contributed by atoms with Gasteiger partial charge >= 0.3 is 5.97 Å². The third-order valence-corrected chi connectivity index (χ3v) is 3.45. The maximum absolute atomic E-state index is 13.1. The molecule has 1 N–H and O–H groups in total. The van der Waals surface area contributed by atoms with Crippen molar-refractivity contribution in [3.05, 3.63) is 34.1 Å². The molecule has 8 nitrogen and oxygen atoms in total. The Labute approximate surface area is 121 Å². The Balaban J connectivity index is 2.41. The molecule has 10 heteroatoms. The number of carboxylic acid groups (broad SMARTS) is 1. The van der Waals surface area contributed by atoms with Crippen LogP contribution in [0.2, 0.25) is 0 Å². The fourth-order valence-corrected chi connectivity index (χ4v) is 2.21. The average molecular weight is 312 g/mol. The Hall–Kier alpha value is -2.49. The molecule has 0 bridgehead atoms. The van der Waals surface area contributed by atoms with Crippen molar-refractivity contribution in [2.24, 2.45) is 7.05 Å². The number of hydrogen-bond acceptors (Lipinski definition) is 6. The molecule has 0 spiro atoms. The Morgan fingerprint density at radius 3 is 2.90 bits per heavy atom. The molecule has 0 amide bonds. The van der Waals surface area contributed by atoms with Crippen LogP contribution >= 0.6 is 11.8 Å². The first-order chi connectivity index (χ1) is 9.88. The number of thioether (sulfide) groups is 1. The standard InChI is InChI=1S/C11H9FN4O4S/c1-15-11(21-5-9(17)18)13-10(14-15)7-3-2-6(12)4-8(7)16(19)20/h2-4H,5H2,1H3,(H,17,18). The van der Waals surface area contributed by atoms with Crippen LogP contribution in [0.1, 0.15) is 0 Å². The van der Waals surface area contributed by atoms with Gasteiger partial charge in [0.1, 0.15) is 5.82 Å². The predicted molar refractivity (Wildman–Crippen MR) is 71.4 cm³/mol. The summed E-state index contributed by atoms with van der Waals surface area (Å²) >= 11 is 0.934. The van der Waals surface area contributed by atoms with E-state index >= 15 is 0 Å². The summed E-state index contributed by atoms with van der Waals surface area (Å²) in [6, 6.07) is 3.08. The number of halogens is 1. The molecule has 0 radical (unpaired) electrons. The molecule has 2 rings (SSSR count). The van der Waals surface area contributed by atoms with E-state index in [1.54, 1.807) is 0 Å². The van der Waals surface area contributed by atoms with E-state index in [4.69, 9.17) is 5.11 Å². The second kappa shape index (κ2) is 5.87. The number of benzene rings is 1. The van der Waals surface area contributed by atoms with E-state index in [2.05, 4.69) is 10.1 Å². The zero-order valence-corrected chi connectivity index (χ0v) is 11.5. The Kier molecular flexibility index (Phi) is 4.17. The van der Waals surface area contributed by atoms with Gasteiger partial charge in [-0.05, 0) is 12.1 Å². The van der Waals surface area contributed by atoms with Crippen LogP contribution in [0.25, 0.3) is 11.4 Å². The second-order valence-electron chi connectivity index (χ2n) is 3.94. The molecule has 2 aromatic rings. The molecular formula is C11H9FN4O4S. The van der Waals surface area contributed by atoms with E-state index in [1.165, 1.54) is 17.8 Å². The molecule has 0 saturated carbocycles. The van der Waals surface area contributed by atoms with Crippen molar-refractivity contribution in [1.29, 1.82) is 0 Å². The number of hydrogen-bond donors (Lipinski definition) is 1. The minimum Gasteiger partial charge on any atom is -0.481 e. The van der Waals surface area contributed by atoms with Crippen molar-refractivity contribution in [1.82, 2.24) is 14.8 Å². The molecule has 21 heavy (non-hydrogen) atoms. The van der Waals surface area contributed by atoms with Gasteiger partial charge in [-0.2, -0.15) is 0 Å². The van der Waals surface area contributed by atoms with Crippen LogP contribution in [0.3, 0.4) is 0 Å². The van der Waals surface area contributed by atoms with Crippen LogP contribution < -0.4 is 0 Å². The van der Waals surface area contributed by atoms with Crippen molar-refractivity contribution in [2.75, 3.05) is 5.75 Å². The van der Waals surface area contributed by atoms with Gasteiger partial charge in [0.05, 0.1) is 22.3 Å². The molecular weight excluding hydrogens is 303 g/mol. The quantitative estimate of drug-likeness (QED) is 0.508. The van der Waals surface area contributed by atoms with E-state index in [-0.39, 0.29) is 17.1 Å². The Morgan fingerprint density at radius 1 is 1.57 bits per heavy atom. The number of carboxylic acids is 1. The van der Waals surface area contributed by atoms with Gasteiger partial charge in [0.25, 0.3) is 5.69 Å². The number of nitro benzene ring substituents is 1. The summed E-state index contributed by atoms with van der Waals surface area (Å²) in [7, 11) is 1.54. The minimum atomic E-state index is -1.02. The van der Waals surface area contributed by atoms with Crippen molar-refractivity contribution in [2.45, 2.75) is 5.16 Å². The third kappa shape index (κ3) is 3.34. The molecule has 0 aliphatic heterocycles. The van der Waals surface area contributed by atoms with E-state index < -0.39 is 22.4 Å². The SMILES string of the molecule is Cn1nc(-c2ccc(F)cc2[N+](=O)[O-])nc1SCC(=O)O. The van der Waals surface area contributed by atoms with E-state index in [0.29, 0.717) is 5.16 Å². The first-order valence-corrected chi connectivity index (χ1v) is 6.57. The molecule has 0 unspecified atom stereocenters. The molecule has 1 aromatic heterocycles. The van der Waals surface area contributed by atoms with E-state index in [0.717, 1.165) is 23.9 Å². The average Bonchev–Trinajstić information content (AvgIpc) is 2.77. The van der Waals surface area contributed by atoms with Gasteiger partial charge in [-0.15, -0.1) is 5.10 Å². The molecule has 1 aromatic carbocycles. The van der Waals surface area contributed by atoms with Crippen LogP contribution in [0.4, 0.5) is 10.1 Å². The number of aryl methyl sites for hydroxylation is 1. The van der Waals surface area contributed by atoms with Crippen molar-refractivity contribution >= 4 is 23.4 Å². The van der Waals surface area contributed by atoms with Crippen LogP contribution in [0.15, 0.2) is 23.4 Å². The van der Waals surface area contributed by atoms with Crippen LogP contribution in [-0.4, -0.2) is 36.5 Å². The van der Waals surface area contributed by atoms with Gasteiger partial charge in [-0.25, -0.2) is 14.1 Å². The fourth-order valence-electron chi connectivity index (χ4n) is 1.58. The number of aromatic nitrogens is 3. The molecule has 110 valence electrons. The first kappa shape index (κ1) is 14.9. The molecule has 0 aliphatic rings. The summed E-state index contributed by atoms with van der Waals surface area (Å²) in [4.78, 5) is 24.8. The van der Waals surface area contributed by atoms with E-state index in [9.17, 15) is 19.3 Å². The van der Waals surface area contributed by atoms with Crippen LogP contribution in [0.5, 0.6) is 0 Å². The highest BCUT2D eigenvalue weighted by Crippen LogP contribution is 2.29. The Bertz CT molecular complexity index is 718.